The molecular weight excluding hydrogens is 326 g/mol. The number of likely N-dealkylation sites (N-methyl/N-ethyl adjacent to an activating group) is 1. The lowest BCUT2D eigenvalue weighted by Crippen LogP contribution is -2.53. The number of nitrogens with zero attached hydrogens (tertiary/aromatic N) is 3. The lowest BCUT2D eigenvalue weighted by Gasteiger charge is -2.35. The van der Waals surface area contributed by atoms with E-state index in [0.717, 1.165) is 44.6 Å². The molecule has 0 bridgehead atoms. The molecule has 0 radical (unpaired) electrons. The number of rotatable bonds is 3. The van der Waals surface area contributed by atoms with Crippen molar-refractivity contribution < 1.29 is 9.59 Å². The van der Waals surface area contributed by atoms with Gasteiger partial charge in [0.15, 0.2) is 0 Å². The van der Waals surface area contributed by atoms with Crippen molar-refractivity contribution in [2.24, 2.45) is 0 Å². The molecule has 2 heterocycles. The minimum Gasteiger partial charge on any atom is -0.338 e. The lowest BCUT2D eigenvalue weighted by molar-refractivity contribution is -0.144. The Hall–Kier alpha value is -1.59. The Morgan fingerprint density at radius 2 is 1.75 bits per heavy atom. The van der Waals surface area contributed by atoms with Crippen LogP contribution < -0.4 is 0 Å². The molecule has 0 aliphatic carbocycles. The van der Waals surface area contributed by atoms with E-state index in [1.165, 1.54) is 0 Å². The summed E-state index contributed by atoms with van der Waals surface area (Å²) in [6, 6.07) is 7.04. The number of hydrogen-bond donors (Lipinski definition) is 0. The van der Waals surface area contributed by atoms with Crippen LogP contribution in [0.15, 0.2) is 24.3 Å². The van der Waals surface area contributed by atoms with E-state index in [9.17, 15) is 9.59 Å². The largest absolute Gasteiger partial charge is 0.338 e. The molecule has 2 amide bonds. The van der Waals surface area contributed by atoms with E-state index in [1.807, 2.05) is 17.0 Å². The molecule has 0 saturated carbocycles. The first-order valence-corrected chi connectivity index (χ1v) is 8.93. The lowest BCUT2D eigenvalue weighted by atomic mass is 10.1. The smallest absolute Gasteiger partial charge is 0.245 e. The van der Waals surface area contributed by atoms with Crippen LogP contribution in [-0.2, 0) is 16.0 Å². The number of carbonyl (C=O) groups excluding carboxylic acids is 2. The summed E-state index contributed by atoms with van der Waals surface area (Å²) in [7, 11) is 2.07. The van der Waals surface area contributed by atoms with Crippen LogP contribution in [0.4, 0.5) is 0 Å². The first-order valence-electron chi connectivity index (χ1n) is 8.56. The van der Waals surface area contributed by atoms with Crippen LogP contribution in [0.2, 0.25) is 5.02 Å². The van der Waals surface area contributed by atoms with Crippen molar-refractivity contribution >= 4 is 23.4 Å². The molecule has 0 N–H and O–H groups in total. The maximum Gasteiger partial charge on any atom is 0.245 e. The fourth-order valence-electron chi connectivity index (χ4n) is 3.44. The van der Waals surface area contributed by atoms with Crippen molar-refractivity contribution in [3.63, 3.8) is 0 Å². The first-order chi connectivity index (χ1) is 11.5. The fraction of sp³-hybridized carbons (Fsp3) is 0.556. The molecule has 1 aromatic carbocycles. The number of likely N-dealkylation sites (tertiary alicyclic amines) is 1. The Morgan fingerprint density at radius 1 is 1.08 bits per heavy atom. The SMILES string of the molecule is CN1CCN(C(=O)[C@H]2CCCN2C(=O)Cc2ccc(Cl)cc2)CC1. The van der Waals surface area contributed by atoms with Gasteiger partial charge >= 0.3 is 0 Å². The van der Waals surface area contributed by atoms with E-state index in [2.05, 4.69) is 11.9 Å². The van der Waals surface area contributed by atoms with Gasteiger partial charge in [-0.1, -0.05) is 23.7 Å². The summed E-state index contributed by atoms with van der Waals surface area (Å²) in [5.41, 5.74) is 0.932. The van der Waals surface area contributed by atoms with Gasteiger partial charge in [0.2, 0.25) is 11.8 Å². The molecule has 0 spiro atoms. The van der Waals surface area contributed by atoms with Gasteiger partial charge in [-0.2, -0.15) is 0 Å². The Morgan fingerprint density at radius 3 is 2.42 bits per heavy atom. The van der Waals surface area contributed by atoms with Crippen molar-refractivity contribution in [2.45, 2.75) is 25.3 Å². The van der Waals surface area contributed by atoms with Crippen molar-refractivity contribution in [3.8, 4) is 0 Å². The summed E-state index contributed by atoms with van der Waals surface area (Å²) in [4.78, 5) is 31.4. The second-order valence-corrected chi connectivity index (χ2v) is 7.11. The molecule has 0 aromatic heterocycles. The quantitative estimate of drug-likeness (QED) is 0.833. The fourth-order valence-corrected chi connectivity index (χ4v) is 3.56. The van der Waals surface area contributed by atoms with E-state index in [-0.39, 0.29) is 17.9 Å². The molecule has 6 heteroatoms. The molecule has 1 atom stereocenters. The van der Waals surface area contributed by atoms with Gasteiger partial charge < -0.3 is 14.7 Å². The molecule has 0 unspecified atom stereocenters. The average molecular weight is 350 g/mol. The maximum atomic E-state index is 12.8. The molecule has 2 aliphatic rings. The van der Waals surface area contributed by atoms with E-state index in [0.29, 0.717) is 18.0 Å². The molecular formula is C18H24ClN3O2. The number of amides is 2. The van der Waals surface area contributed by atoms with Crippen LogP contribution in [0.3, 0.4) is 0 Å². The van der Waals surface area contributed by atoms with Crippen LogP contribution in [0, 0.1) is 0 Å². The number of hydrogen-bond acceptors (Lipinski definition) is 3. The molecule has 1 aromatic rings. The zero-order valence-corrected chi connectivity index (χ0v) is 14.8. The highest BCUT2D eigenvalue weighted by Crippen LogP contribution is 2.22. The number of carbonyl (C=O) groups is 2. The zero-order valence-electron chi connectivity index (χ0n) is 14.1. The second kappa shape index (κ2) is 7.53. The molecule has 24 heavy (non-hydrogen) atoms. The second-order valence-electron chi connectivity index (χ2n) is 6.68. The van der Waals surface area contributed by atoms with Crippen molar-refractivity contribution in [3.05, 3.63) is 34.9 Å². The summed E-state index contributed by atoms with van der Waals surface area (Å²) in [5.74, 6) is 0.146. The molecule has 2 saturated heterocycles. The molecule has 5 nitrogen and oxygen atoms in total. The summed E-state index contributed by atoms with van der Waals surface area (Å²) in [5, 5.41) is 0.662. The molecule has 130 valence electrons. The van der Waals surface area contributed by atoms with E-state index < -0.39 is 0 Å². The zero-order chi connectivity index (χ0) is 17.1. The average Bonchev–Trinajstić information content (AvgIpc) is 3.07. The van der Waals surface area contributed by atoms with E-state index in [1.54, 1.807) is 17.0 Å². The summed E-state index contributed by atoms with van der Waals surface area (Å²) in [6.07, 6.45) is 2.00. The van der Waals surface area contributed by atoms with Crippen molar-refractivity contribution in [1.29, 1.82) is 0 Å². The molecule has 3 rings (SSSR count). The minimum atomic E-state index is -0.284. The summed E-state index contributed by atoms with van der Waals surface area (Å²) < 4.78 is 0. The van der Waals surface area contributed by atoms with Gasteiger partial charge in [-0.25, -0.2) is 0 Å². The summed E-state index contributed by atoms with van der Waals surface area (Å²) >= 11 is 5.89. The van der Waals surface area contributed by atoms with Gasteiger partial charge in [0, 0.05) is 37.7 Å². The summed E-state index contributed by atoms with van der Waals surface area (Å²) in [6.45, 7) is 3.99. The standard InChI is InChI=1S/C18H24ClN3O2/c1-20-9-11-21(12-10-20)18(24)16-3-2-8-22(16)17(23)13-14-4-6-15(19)7-5-14/h4-7,16H,2-3,8-13H2,1H3/t16-/m1/s1. The van der Waals surface area contributed by atoms with Crippen LogP contribution in [0.1, 0.15) is 18.4 Å². The van der Waals surface area contributed by atoms with Crippen LogP contribution >= 0.6 is 11.6 Å². The first kappa shape index (κ1) is 17.2. The molecule has 2 aliphatic heterocycles. The predicted molar refractivity (Wildman–Crippen MR) is 94.0 cm³/mol. The van der Waals surface area contributed by atoms with Gasteiger partial charge in [-0.05, 0) is 37.6 Å². The molecule has 2 fully saturated rings. The monoisotopic (exact) mass is 349 g/mol. The number of benzene rings is 1. The Kier molecular flexibility index (Phi) is 5.41. The number of piperazine rings is 1. The van der Waals surface area contributed by atoms with Crippen LogP contribution in [0.25, 0.3) is 0 Å². The van der Waals surface area contributed by atoms with Gasteiger partial charge in [-0.3, -0.25) is 9.59 Å². The normalized spacial score (nSPS) is 22.0. The highest BCUT2D eigenvalue weighted by molar-refractivity contribution is 6.30. The van der Waals surface area contributed by atoms with Crippen LogP contribution in [0.5, 0.6) is 0 Å². The van der Waals surface area contributed by atoms with E-state index >= 15 is 0 Å². The third-order valence-electron chi connectivity index (χ3n) is 4.94. The number of halogens is 1. The minimum absolute atomic E-state index is 0.0299. The Balaban J connectivity index is 1.62. The Bertz CT molecular complexity index is 597. The third kappa shape index (κ3) is 3.90. The van der Waals surface area contributed by atoms with Crippen molar-refractivity contribution in [2.75, 3.05) is 39.8 Å². The topological polar surface area (TPSA) is 43.9 Å². The van der Waals surface area contributed by atoms with Gasteiger partial charge in [-0.15, -0.1) is 0 Å². The predicted octanol–water partition coefficient (Wildman–Crippen LogP) is 1.65. The Labute approximate surface area is 148 Å². The highest BCUT2D eigenvalue weighted by atomic mass is 35.5. The van der Waals surface area contributed by atoms with Gasteiger partial charge in [0.25, 0.3) is 0 Å². The highest BCUT2D eigenvalue weighted by Gasteiger charge is 2.36. The van der Waals surface area contributed by atoms with Gasteiger partial charge in [0.05, 0.1) is 6.42 Å². The third-order valence-corrected chi connectivity index (χ3v) is 5.19. The van der Waals surface area contributed by atoms with E-state index in [4.69, 9.17) is 11.6 Å². The van der Waals surface area contributed by atoms with Gasteiger partial charge in [0.1, 0.15) is 6.04 Å². The van der Waals surface area contributed by atoms with Crippen LogP contribution in [-0.4, -0.2) is 72.3 Å². The maximum absolute atomic E-state index is 12.8. The van der Waals surface area contributed by atoms with Crippen molar-refractivity contribution in [1.82, 2.24) is 14.7 Å².